The first-order valence-corrected chi connectivity index (χ1v) is 11.2. The summed E-state index contributed by atoms with van der Waals surface area (Å²) in [4.78, 5) is 14.3. The van der Waals surface area contributed by atoms with Crippen molar-refractivity contribution >= 4 is 28.7 Å². The standard InChI is InChI=1S/C24H27N5O2S/c1-14-10-15(2)18(16(3)11-14)8-9-29-23-21(22(25)26-13-27-23)28-24(29)32-20-12-17(30-4)6-7-19(20)31-5/h6-7,10-13H,8-9H2,1-5H3,(H2,25,26,27). The Bertz CT molecular complexity index is 1260. The third kappa shape index (κ3) is 4.23. The highest BCUT2D eigenvalue weighted by Gasteiger charge is 2.18. The highest BCUT2D eigenvalue weighted by molar-refractivity contribution is 7.99. The van der Waals surface area contributed by atoms with E-state index in [9.17, 15) is 0 Å². The normalized spacial score (nSPS) is 11.2. The predicted octanol–water partition coefficient (Wildman–Crippen LogP) is 4.74. The van der Waals surface area contributed by atoms with Crippen LogP contribution in [-0.4, -0.2) is 33.7 Å². The van der Waals surface area contributed by atoms with Crippen molar-refractivity contribution in [1.82, 2.24) is 19.5 Å². The Morgan fingerprint density at radius 1 is 1.00 bits per heavy atom. The largest absolute Gasteiger partial charge is 0.497 e. The van der Waals surface area contributed by atoms with Gasteiger partial charge in [-0.15, -0.1) is 0 Å². The molecule has 0 aliphatic rings. The highest BCUT2D eigenvalue weighted by atomic mass is 32.2. The summed E-state index contributed by atoms with van der Waals surface area (Å²) in [6, 6.07) is 10.2. The summed E-state index contributed by atoms with van der Waals surface area (Å²) in [7, 11) is 3.30. The van der Waals surface area contributed by atoms with Crippen LogP contribution in [0.4, 0.5) is 5.82 Å². The Kier molecular flexibility index (Phi) is 6.23. The molecule has 2 aromatic heterocycles. The zero-order valence-electron chi connectivity index (χ0n) is 19.0. The Morgan fingerprint density at radius 3 is 2.44 bits per heavy atom. The Balaban J connectivity index is 1.76. The van der Waals surface area contributed by atoms with E-state index < -0.39 is 0 Å². The second-order valence-electron chi connectivity index (χ2n) is 7.72. The fourth-order valence-electron chi connectivity index (χ4n) is 4.00. The molecule has 8 heteroatoms. The molecule has 0 saturated carbocycles. The molecule has 0 fully saturated rings. The van der Waals surface area contributed by atoms with Crippen molar-refractivity contribution in [2.24, 2.45) is 0 Å². The number of ether oxygens (including phenoxy) is 2. The second-order valence-corrected chi connectivity index (χ2v) is 8.73. The SMILES string of the molecule is COc1ccc(OC)c(Sc2nc3c(N)ncnc3n2CCc2c(C)cc(C)cc2C)c1. The molecule has 0 radical (unpaired) electrons. The molecule has 0 bridgehead atoms. The summed E-state index contributed by atoms with van der Waals surface area (Å²) in [5.41, 5.74) is 12.7. The van der Waals surface area contributed by atoms with Gasteiger partial charge in [-0.1, -0.05) is 17.7 Å². The van der Waals surface area contributed by atoms with E-state index in [-0.39, 0.29) is 0 Å². The van der Waals surface area contributed by atoms with Crippen LogP contribution in [0, 0.1) is 20.8 Å². The molecule has 0 amide bonds. The molecule has 4 aromatic rings. The smallest absolute Gasteiger partial charge is 0.175 e. The van der Waals surface area contributed by atoms with Crippen molar-refractivity contribution in [1.29, 1.82) is 0 Å². The number of aryl methyl sites for hydroxylation is 4. The molecule has 0 saturated heterocycles. The van der Waals surface area contributed by atoms with Gasteiger partial charge in [0, 0.05) is 6.54 Å². The number of rotatable bonds is 7. The van der Waals surface area contributed by atoms with Gasteiger partial charge in [0.2, 0.25) is 0 Å². The first kappa shape index (κ1) is 22.0. The number of nitrogens with zero attached hydrogens (tertiary/aromatic N) is 4. The van der Waals surface area contributed by atoms with E-state index in [1.807, 2.05) is 18.2 Å². The van der Waals surface area contributed by atoms with Crippen LogP contribution < -0.4 is 15.2 Å². The van der Waals surface area contributed by atoms with Crippen LogP contribution in [0.3, 0.4) is 0 Å². The molecule has 0 spiro atoms. The van der Waals surface area contributed by atoms with Crippen molar-refractivity contribution in [3.63, 3.8) is 0 Å². The van der Waals surface area contributed by atoms with E-state index in [0.29, 0.717) is 17.9 Å². The molecule has 166 valence electrons. The van der Waals surface area contributed by atoms with E-state index >= 15 is 0 Å². The average Bonchev–Trinajstić information content (AvgIpc) is 3.11. The number of benzene rings is 2. The molecule has 0 unspecified atom stereocenters. The zero-order chi connectivity index (χ0) is 22.8. The number of nitrogen functional groups attached to an aromatic ring is 1. The van der Waals surface area contributed by atoms with E-state index in [4.69, 9.17) is 20.2 Å². The number of hydrogen-bond acceptors (Lipinski definition) is 7. The van der Waals surface area contributed by atoms with Crippen molar-refractivity contribution in [2.75, 3.05) is 20.0 Å². The molecule has 0 aliphatic heterocycles. The molecule has 2 heterocycles. The zero-order valence-corrected chi connectivity index (χ0v) is 19.8. The Hall–Kier alpha value is -3.26. The highest BCUT2D eigenvalue weighted by Crippen LogP contribution is 2.38. The third-order valence-electron chi connectivity index (χ3n) is 5.52. The molecule has 2 N–H and O–H groups in total. The lowest BCUT2D eigenvalue weighted by Gasteiger charge is -2.14. The number of nitrogens with two attached hydrogens (primary N) is 1. The van der Waals surface area contributed by atoms with Crippen LogP contribution in [0.15, 0.2) is 46.7 Å². The van der Waals surface area contributed by atoms with Crippen LogP contribution in [0.25, 0.3) is 11.2 Å². The number of imidazole rings is 1. The van der Waals surface area contributed by atoms with Crippen molar-refractivity contribution in [3.05, 3.63) is 58.9 Å². The lowest BCUT2D eigenvalue weighted by atomic mass is 9.97. The molecule has 4 rings (SSSR count). The van der Waals surface area contributed by atoms with Crippen LogP contribution in [0.1, 0.15) is 22.3 Å². The number of aromatic nitrogens is 4. The second kappa shape index (κ2) is 9.08. The van der Waals surface area contributed by atoms with E-state index in [0.717, 1.165) is 33.6 Å². The van der Waals surface area contributed by atoms with Gasteiger partial charge < -0.3 is 19.8 Å². The topological polar surface area (TPSA) is 88.1 Å². The van der Waals surface area contributed by atoms with Gasteiger partial charge in [-0.3, -0.25) is 0 Å². The van der Waals surface area contributed by atoms with Gasteiger partial charge >= 0.3 is 0 Å². The summed E-state index contributed by atoms with van der Waals surface area (Å²) in [5.74, 6) is 1.87. The number of fused-ring (bicyclic) bond motifs is 1. The summed E-state index contributed by atoms with van der Waals surface area (Å²) in [5, 5.41) is 0.779. The minimum Gasteiger partial charge on any atom is -0.497 e. The Labute approximate surface area is 192 Å². The minimum absolute atomic E-state index is 0.371. The van der Waals surface area contributed by atoms with Crippen LogP contribution >= 0.6 is 11.8 Å². The Morgan fingerprint density at radius 2 is 1.75 bits per heavy atom. The molecule has 0 atom stereocenters. The van der Waals surface area contributed by atoms with Gasteiger partial charge in [0.05, 0.1) is 19.1 Å². The lowest BCUT2D eigenvalue weighted by molar-refractivity contribution is 0.394. The maximum absolute atomic E-state index is 6.12. The molecular weight excluding hydrogens is 422 g/mol. The summed E-state index contributed by atoms with van der Waals surface area (Å²) in [6.07, 6.45) is 2.34. The van der Waals surface area contributed by atoms with Gasteiger partial charge in [0.25, 0.3) is 0 Å². The molecule has 0 aliphatic carbocycles. The maximum Gasteiger partial charge on any atom is 0.175 e. The molecular formula is C24H27N5O2S. The van der Waals surface area contributed by atoms with Gasteiger partial charge in [-0.25, -0.2) is 15.0 Å². The fraction of sp³-hybridized carbons (Fsp3) is 0.292. The minimum atomic E-state index is 0.371. The molecule has 7 nitrogen and oxygen atoms in total. The van der Waals surface area contributed by atoms with Crippen molar-refractivity contribution < 1.29 is 9.47 Å². The molecule has 2 aromatic carbocycles. The van der Waals surface area contributed by atoms with E-state index in [1.165, 1.54) is 40.3 Å². The maximum atomic E-state index is 6.12. The summed E-state index contributed by atoms with van der Waals surface area (Å²) in [6.45, 7) is 7.17. The van der Waals surface area contributed by atoms with Crippen LogP contribution in [-0.2, 0) is 13.0 Å². The van der Waals surface area contributed by atoms with Gasteiger partial charge in [0.15, 0.2) is 22.1 Å². The van der Waals surface area contributed by atoms with E-state index in [2.05, 4.69) is 47.4 Å². The van der Waals surface area contributed by atoms with E-state index in [1.54, 1.807) is 14.2 Å². The lowest BCUT2D eigenvalue weighted by Crippen LogP contribution is -2.07. The number of anilines is 1. The molecule has 32 heavy (non-hydrogen) atoms. The monoisotopic (exact) mass is 449 g/mol. The van der Waals surface area contributed by atoms with Gasteiger partial charge in [-0.2, -0.15) is 0 Å². The van der Waals surface area contributed by atoms with Crippen LogP contribution in [0.2, 0.25) is 0 Å². The van der Waals surface area contributed by atoms with Crippen molar-refractivity contribution in [2.45, 2.75) is 43.8 Å². The predicted molar refractivity (Wildman–Crippen MR) is 128 cm³/mol. The van der Waals surface area contributed by atoms with Gasteiger partial charge in [0.1, 0.15) is 17.8 Å². The van der Waals surface area contributed by atoms with Gasteiger partial charge in [-0.05, 0) is 73.8 Å². The third-order valence-corrected chi connectivity index (χ3v) is 6.56. The quantitative estimate of drug-likeness (QED) is 0.436. The first-order chi connectivity index (χ1) is 15.4. The summed E-state index contributed by atoms with van der Waals surface area (Å²) < 4.78 is 13.1. The average molecular weight is 450 g/mol. The number of methoxy groups -OCH3 is 2. The summed E-state index contributed by atoms with van der Waals surface area (Å²) >= 11 is 1.50. The first-order valence-electron chi connectivity index (χ1n) is 10.3. The van der Waals surface area contributed by atoms with Crippen LogP contribution in [0.5, 0.6) is 11.5 Å². The number of hydrogen-bond donors (Lipinski definition) is 1. The van der Waals surface area contributed by atoms with Crippen molar-refractivity contribution in [3.8, 4) is 11.5 Å². The fourth-order valence-corrected chi connectivity index (χ4v) is 5.05.